The van der Waals surface area contributed by atoms with Crippen molar-refractivity contribution in [3.05, 3.63) is 30.3 Å². The lowest BCUT2D eigenvalue weighted by atomic mass is 9.99. The Morgan fingerprint density at radius 2 is 2.00 bits per heavy atom. The van der Waals surface area contributed by atoms with Gasteiger partial charge in [-0.3, -0.25) is 0 Å². The molecule has 1 aromatic carbocycles. The Bertz CT molecular complexity index is 323. The van der Waals surface area contributed by atoms with E-state index in [1.165, 1.54) is 31.4 Å². The molecule has 1 fully saturated rings. The molecule has 0 heterocycles. The van der Waals surface area contributed by atoms with Gasteiger partial charge < -0.3 is 10.2 Å². The van der Waals surface area contributed by atoms with Gasteiger partial charge in [-0.1, -0.05) is 24.6 Å². The highest BCUT2D eigenvalue weighted by Gasteiger charge is 2.25. The zero-order valence-electron chi connectivity index (χ0n) is 11.0. The molecule has 1 saturated carbocycles. The quantitative estimate of drug-likeness (QED) is 0.839. The minimum Gasteiger partial charge on any atom is -0.375 e. The maximum Gasteiger partial charge on any atom is 0.0363 e. The van der Waals surface area contributed by atoms with Crippen LogP contribution >= 0.6 is 0 Å². The van der Waals surface area contributed by atoms with Crippen LogP contribution in [-0.2, 0) is 0 Å². The van der Waals surface area contributed by atoms with Crippen LogP contribution in [0.2, 0.25) is 0 Å². The highest BCUT2D eigenvalue weighted by Crippen LogP contribution is 2.28. The van der Waals surface area contributed by atoms with Crippen LogP contribution in [-0.4, -0.2) is 26.7 Å². The van der Waals surface area contributed by atoms with Gasteiger partial charge in [-0.05, 0) is 44.4 Å². The van der Waals surface area contributed by atoms with Crippen molar-refractivity contribution in [2.45, 2.75) is 31.7 Å². The topological polar surface area (TPSA) is 15.3 Å². The van der Waals surface area contributed by atoms with Crippen LogP contribution in [0.5, 0.6) is 0 Å². The molecule has 1 N–H and O–H groups in total. The summed E-state index contributed by atoms with van der Waals surface area (Å²) in [5.41, 5.74) is 1.33. The summed E-state index contributed by atoms with van der Waals surface area (Å²) in [6.07, 6.45) is 5.45. The number of benzene rings is 1. The van der Waals surface area contributed by atoms with E-state index in [9.17, 15) is 0 Å². The molecule has 1 aromatic rings. The van der Waals surface area contributed by atoms with Gasteiger partial charge in [0.05, 0.1) is 0 Å². The third-order valence-electron chi connectivity index (χ3n) is 4.06. The summed E-state index contributed by atoms with van der Waals surface area (Å²) in [4.78, 5) is 2.37. The molecule has 2 atom stereocenters. The Morgan fingerprint density at radius 1 is 1.24 bits per heavy atom. The maximum absolute atomic E-state index is 3.46. The maximum atomic E-state index is 3.46. The first-order chi connectivity index (χ1) is 8.31. The molecule has 1 aliphatic carbocycles. The second-order valence-electron chi connectivity index (χ2n) is 5.13. The van der Waals surface area contributed by atoms with Gasteiger partial charge in [0.15, 0.2) is 0 Å². The van der Waals surface area contributed by atoms with E-state index < -0.39 is 0 Å². The van der Waals surface area contributed by atoms with Crippen molar-refractivity contribution in [1.29, 1.82) is 0 Å². The second kappa shape index (κ2) is 6.06. The first-order valence-corrected chi connectivity index (χ1v) is 6.74. The Labute approximate surface area is 105 Å². The van der Waals surface area contributed by atoms with Crippen LogP contribution in [0.25, 0.3) is 0 Å². The smallest absolute Gasteiger partial charge is 0.0363 e. The Morgan fingerprint density at radius 3 is 2.71 bits per heavy atom. The molecule has 0 aliphatic heterocycles. The highest BCUT2D eigenvalue weighted by atomic mass is 15.1. The molecular weight excluding hydrogens is 208 g/mol. The monoisotopic (exact) mass is 232 g/mol. The highest BCUT2D eigenvalue weighted by molar-refractivity contribution is 5.44. The second-order valence-corrected chi connectivity index (χ2v) is 5.13. The fraction of sp³-hybridized carbons (Fsp3) is 0.600. The first kappa shape index (κ1) is 12.4. The third kappa shape index (κ3) is 3.22. The van der Waals surface area contributed by atoms with Crippen LogP contribution in [0.4, 0.5) is 5.69 Å². The summed E-state index contributed by atoms with van der Waals surface area (Å²) >= 11 is 0. The van der Waals surface area contributed by atoms with Crippen LogP contribution < -0.4 is 10.2 Å². The van der Waals surface area contributed by atoms with Gasteiger partial charge in [-0.15, -0.1) is 0 Å². The Balaban J connectivity index is 1.82. The van der Waals surface area contributed by atoms with E-state index in [4.69, 9.17) is 0 Å². The van der Waals surface area contributed by atoms with Gasteiger partial charge in [0.2, 0.25) is 0 Å². The van der Waals surface area contributed by atoms with Crippen molar-refractivity contribution >= 4 is 5.69 Å². The molecule has 0 radical (unpaired) electrons. The molecule has 0 amide bonds. The van der Waals surface area contributed by atoms with Crippen molar-refractivity contribution in [2.24, 2.45) is 5.92 Å². The van der Waals surface area contributed by atoms with Crippen LogP contribution in [0.15, 0.2) is 30.3 Å². The Hall–Kier alpha value is -1.02. The summed E-state index contributed by atoms with van der Waals surface area (Å²) in [6, 6.07) is 11.4. The predicted octanol–water partition coefficient (Wildman–Crippen LogP) is 2.90. The molecule has 17 heavy (non-hydrogen) atoms. The van der Waals surface area contributed by atoms with Crippen molar-refractivity contribution < 1.29 is 0 Å². The minimum absolute atomic E-state index is 0.749. The molecule has 94 valence electrons. The van der Waals surface area contributed by atoms with E-state index in [0.29, 0.717) is 0 Å². The average Bonchev–Trinajstić information content (AvgIpc) is 2.84. The normalized spacial score (nSPS) is 23.9. The van der Waals surface area contributed by atoms with Gasteiger partial charge >= 0.3 is 0 Å². The lowest BCUT2D eigenvalue weighted by Crippen LogP contribution is -2.31. The van der Waals surface area contributed by atoms with Crippen molar-refractivity contribution in [3.63, 3.8) is 0 Å². The first-order valence-electron chi connectivity index (χ1n) is 6.74. The van der Waals surface area contributed by atoms with Crippen molar-refractivity contribution in [2.75, 3.05) is 25.5 Å². The molecule has 1 aliphatic rings. The van der Waals surface area contributed by atoms with Crippen LogP contribution in [0, 0.1) is 5.92 Å². The van der Waals surface area contributed by atoms with E-state index >= 15 is 0 Å². The van der Waals surface area contributed by atoms with Crippen molar-refractivity contribution in [1.82, 2.24) is 5.32 Å². The standard InChI is InChI=1S/C15H24N2/c1-16-15-10-6-7-13(15)11-12-17(2)14-8-4-3-5-9-14/h3-5,8-9,13,15-16H,6-7,10-12H2,1-2H3. The molecule has 0 saturated heterocycles. The number of nitrogens with zero attached hydrogens (tertiary/aromatic N) is 1. The largest absolute Gasteiger partial charge is 0.375 e. The summed E-state index contributed by atoms with van der Waals surface area (Å²) in [5.74, 6) is 0.867. The van der Waals surface area contributed by atoms with E-state index in [-0.39, 0.29) is 0 Å². The third-order valence-corrected chi connectivity index (χ3v) is 4.06. The zero-order chi connectivity index (χ0) is 12.1. The average molecular weight is 232 g/mol. The fourth-order valence-corrected chi connectivity index (χ4v) is 2.93. The van der Waals surface area contributed by atoms with Gasteiger partial charge in [0, 0.05) is 25.3 Å². The van der Waals surface area contributed by atoms with E-state index in [0.717, 1.165) is 18.5 Å². The zero-order valence-corrected chi connectivity index (χ0v) is 11.0. The van der Waals surface area contributed by atoms with Crippen LogP contribution in [0.3, 0.4) is 0 Å². The number of rotatable bonds is 5. The molecule has 0 bridgehead atoms. The molecule has 2 unspecified atom stereocenters. The van der Waals surface area contributed by atoms with E-state index in [1.807, 2.05) is 0 Å². The fourth-order valence-electron chi connectivity index (χ4n) is 2.93. The molecule has 0 spiro atoms. The SMILES string of the molecule is CNC1CCCC1CCN(C)c1ccccc1. The van der Waals surface area contributed by atoms with E-state index in [1.54, 1.807) is 0 Å². The number of nitrogens with one attached hydrogen (secondary N) is 1. The molecule has 2 heteroatoms. The van der Waals surface area contributed by atoms with Gasteiger partial charge in [0.1, 0.15) is 0 Å². The molecule has 2 nitrogen and oxygen atoms in total. The van der Waals surface area contributed by atoms with Crippen molar-refractivity contribution in [3.8, 4) is 0 Å². The van der Waals surface area contributed by atoms with Gasteiger partial charge in [-0.2, -0.15) is 0 Å². The molecular formula is C15H24N2. The summed E-state index contributed by atoms with van der Waals surface area (Å²) < 4.78 is 0. The van der Waals surface area contributed by atoms with Crippen LogP contribution in [0.1, 0.15) is 25.7 Å². The number of hydrogen-bond acceptors (Lipinski definition) is 2. The number of hydrogen-bond donors (Lipinski definition) is 1. The minimum atomic E-state index is 0.749. The predicted molar refractivity (Wildman–Crippen MR) is 74.5 cm³/mol. The van der Waals surface area contributed by atoms with E-state index in [2.05, 4.69) is 54.6 Å². The summed E-state index contributed by atoms with van der Waals surface area (Å²) in [6.45, 7) is 1.16. The molecule has 2 rings (SSSR count). The summed E-state index contributed by atoms with van der Waals surface area (Å²) in [7, 11) is 4.29. The number of anilines is 1. The van der Waals surface area contributed by atoms with Gasteiger partial charge in [-0.25, -0.2) is 0 Å². The number of para-hydroxylation sites is 1. The van der Waals surface area contributed by atoms with Gasteiger partial charge in [0.25, 0.3) is 0 Å². The Kier molecular flexibility index (Phi) is 4.43. The lowest BCUT2D eigenvalue weighted by molar-refractivity contribution is 0.403. The molecule has 0 aromatic heterocycles. The summed E-state index contributed by atoms with van der Waals surface area (Å²) in [5, 5.41) is 3.46. The lowest BCUT2D eigenvalue weighted by Gasteiger charge is -2.24.